The quantitative estimate of drug-likeness (QED) is 0.708. The first kappa shape index (κ1) is 13.0. The normalized spacial score (nSPS) is 11.9. The van der Waals surface area contributed by atoms with E-state index in [0.29, 0.717) is 6.54 Å². The number of methoxy groups -OCH3 is 1. The van der Waals surface area contributed by atoms with E-state index >= 15 is 0 Å². The largest absolute Gasteiger partial charge is 0.467 e. The van der Waals surface area contributed by atoms with Crippen LogP contribution in [-0.2, 0) is 16.1 Å². The van der Waals surface area contributed by atoms with Crippen LogP contribution < -0.4 is 11.1 Å². The molecule has 0 radical (unpaired) electrons. The molecule has 0 aromatic carbocycles. The number of nitrogen functional groups attached to an aromatic ring is 1. The predicted molar refractivity (Wildman–Crippen MR) is 61.3 cm³/mol. The van der Waals surface area contributed by atoms with Crippen molar-refractivity contribution in [1.82, 2.24) is 15.1 Å². The standard InChI is InChI=1S/C10H16N4O3/c1-4-14-5-7(11)8(13-14)9(15)12-6(2)10(16)17-3/h5-6H,4,11H2,1-3H3,(H,12,15). The summed E-state index contributed by atoms with van der Waals surface area (Å²) in [5, 5.41) is 6.45. The summed E-state index contributed by atoms with van der Waals surface area (Å²) in [5.74, 6) is -1.01. The fraction of sp³-hybridized carbons (Fsp3) is 0.500. The molecule has 1 heterocycles. The van der Waals surface area contributed by atoms with Gasteiger partial charge in [-0.1, -0.05) is 0 Å². The van der Waals surface area contributed by atoms with Crippen molar-refractivity contribution in [1.29, 1.82) is 0 Å². The minimum Gasteiger partial charge on any atom is -0.467 e. The molecular weight excluding hydrogens is 224 g/mol. The number of amides is 1. The van der Waals surface area contributed by atoms with Crippen LogP contribution in [0.2, 0.25) is 0 Å². The number of hydrogen-bond acceptors (Lipinski definition) is 5. The third kappa shape index (κ3) is 2.96. The predicted octanol–water partition coefficient (Wildman–Crippen LogP) is -0.224. The topological polar surface area (TPSA) is 99.2 Å². The van der Waals surface area contributed by atoms with Crippen molar-refractivity contribution in [2.24, 2.45) is 0 Å². The molecular formula is C10H16N4O3. The summed E-state index contributed by atoms with van der Waals surface area (Å²) >= 11 is 0. The molecule has 94 valence electrons. The number of aryl methyl sites for hydroxylation is 1. The van der Waals surface area contributed by atoms with Gasteiger partial charge in [0.25, 0.3) is 5.91 Å². The lowest BCUT2D eigenvalue weighted by molar-refractivity contribution is -0.142. The van der Waals surface area contributed by atoms with Crippen molar-refractivity contribution in [2.75, 3.05) is 12.8 Å². The Labute approximate surface area is 98.9 Å². The fourth-order valence-corrected chi connectivity index (χ4v) is 1.28. The minimum absolute atomic E-state index is 0.114. The van der Waals surface area contributed by atoms with Crippen LogP contribution in [0.4, 0.5) is 5.69 Å². The fourth-order valence-electron chi connectivity index (χ4n) is 1.28. The molecule has 17 heavy (non-hydrogen) atoms. The van der Waals surface area contributed by atoms with Gasteiger partial charge < -0.3 is 15.8 Å². The molecule has 0 bridgehead atoms. The van der Waals surface area contributed by atoms with Crippen LogP contribution in [0.25, 0.3) is 0 Å². The molecule has 1 rings (SSSR count). The number of nitrogens with two attached hydrogens (primary N) is 1. The van der Waals surface area contributed by atoms with Crippen molar-refractivity contribution in [3.63, 3.8) is 0 Å². The van der Waals surface area contributed by atoms with Crippen LogP contribution in [0.3, 0.4) is 0 Å². The summed E-state index contributed by atoms with van der Waals surface area (Å²) in [6.45, 7) is 4.02. The smallest absolute Gasteiger partial charge is 0.328 e. The number of ether oxygens (including phenoxy) is 1. The Morgan fingerprint density at radius 2 is 2.29 bits per heavy atom. The number of anilines is 1. The van der Waals surface area contributed by atoms with Gasteiger partial charge in [-0.25, -0.2) is 4.79 Å². The molecule has 1 aromatic rings. The van der Waals surface area contributed by atoms with E-state index in [1.54, 1.807) is 10.9 Å². The van der Waals surface area contributed by atoms with Crippen molar-refractivity contribution in [2.45, 2.75) is 26.4 Å². The van der Waals surface area contributed by atoms with E-state index in [1.807, 2.05) is 6.92 Å². The molecule has 7 nitrogen and oxygen atoms in total. The first-order valence-electron chi connectivity index (χ1n) is 5.21. The highest BCUT2D eigenvalue weighted by molar-refractivity contribution is 5.99. The average Bonchev–Trinajstić information content (AvgIpc) is 2.69. The number of carbonyl (C=O) groups excluding carboxylic acids is 2. The van der Waals surface area contributed by atoms with Gasteiger partial charge in [0.05, 0.1) is 12.8 Å². The Morgan fingerprint density at radius 1 is 1.65 bits per heavy atom. The average molecular weight is 240 g/mol. The third-order valence-electron chi connectivity index (χ3n) is 2.23. The Balaban J connectivity index is 2.76. The molecule has 3 N–H and O–H groups in total. The monoisotopic (exact) mass is 240 g/mol. The summed E-state index contributed by atoms with van der Waals surface area (Å²) in [6.07, 6.45) is 1.57. The highest BCUT2D eigenvalue weighted by Crippen LogP contribution is 2.09. The van der Waals surface area contributed by atoms with Crippen LogP contribution in [-0.4, -0.2) is 34.8 Å². The van der Waals surface area contributed by atoms with Crippen LogP contribution in [0.15, 0.2) is 6.20 Å². The van der Waals surface area contributed by atoms with E-state index in [9.17, 15) is 9.59 Å². The number of hydrogen-bond donors (Lipinski definition) is 2. The van der Waals surface area contributed by atoms with Gasteiger partial charge in [-0.3, -0.25) is 9.48 Å². The minimum atomic E-state index is -0.737. The van der Waals surface area contributed by atoms with Crippen molar-refractivity contribution in [3.05, 3.63) is 11.9 Å². The summed E-state index contributed by atoms with van der Waals surface area (Å²) in [6, 6.07) is -0.737. The van der Waals surface area contributed by atoms with Gasteiger partial charge >= 0.3 is 5.97 Å². The van der Waals surface area contributed by atoms with Crippen molar-refractivity contribution < 1.29 is 14.3 Å². The SMILES string of the molecule is CCn1cc(N)c(C(=O)NC(C)C(=O)OC)n1. The Hall–Kier alpha value is -2.05. The van der Waals surface area contributed by atoms with Crippen molar-refractivity contribution in [3.8, 4) is 0 Å². The zero-order valence-electron chi connectivity index (χ0n) is 10.1. The van der Waals surface area contributed by atoms with Crippen LogP contribution in [0.1, 0.15) is 24.3 Å². The van der Waals surface area contributed by atoms with Crippen LogP contribution in [0, 0.1) is 0 Å². The van der Waals surface area contributed by atoms with E-state index in [1.165, 1.54) is 14.0 Å². The highest BCUT2D eigenvalue weighted by atomic mass is 16.5. The first-order chi connectivity index (χ1) is 7.99. The lowest BCUT2D eigenvalue weighted by Gasteiger charge is -2.10. The van der Waals surface area contributed by atoms with Crippen molar-refractivity contribution >= 4 is 17.6 Å². The number of nitrogens with one attached hydrogen (secondary N) is 1. The maximum atomic E-state index is 11.8. The zero-order valence-corrected chi connectivity index (χ0v) is 10.1. The Kier molecular flexibility index (Phi) is 4.08. The van der Waals surface area contributed by atoms with E-state index in [0.717, 1.165) is 0 Å². The first-order valence-corrected chi connectivity index (χ1v) is 5.21. The van der Waals surface area contributed by atoms with Gasteiger partial charge in [0, 0.05) is 12.7 Å². The molecule has 1 unspecified atom stereocenters. The second kappa shape index (κ2) is 5.33. The summed E-state index contributed by atoms with van der Waals surface area (Å²) in [5.41, 5.74) is 6.03. The van der Waals surface area contributed by atoms with Gasteiger partial charge in [0.1, 0.15) is 6.04 Å². The second-order valence-electron chi connectivity index (χ2n) is 3.51. The third-order valence-corrected chi connectivity index (χ3v) is 2.23. The Bertz CT molecular complexity index is 427. The van der Waals surface area contributed by atoms with E-state index in [2.05, 4.69) is 15.2 Å². The van der Waals surface area contributed by atoms with E-state index < -0.39 is 17.9 Å². The summed E-state index contributed by atoms with van der Waals surface area (Å²) in [7, 11) is 1.26. The molecule has 0 aliphatic carbocycles. The van der Waals surface area contributed by atoms with E-state index in [-0.39, 0.29) is 11.4 Å². The molecule has 1 aromatic heterocycles. The van der Waals surface area contributed by atoms with E-state index in [4.69, 9.17) is 5.73 Å². The molecule has 1 amide bonds. The number of esters is 1. The van der Waals surface area contributed by atoms with Gasteiger partial charge in [0.2, 0.25) is 0 Å². The van der Waals surface area contributed by atoms with Gasteiger partial charge in [-0.05, 0) is 13.8 Å². The molecule has 7 heteroatoms. The lowest BCUT2D eigenvalue weighted by Crippen LogP contribution is -2.39. The molecule has 0 saturated carbocycles. The van der Waals surface area contributed by atoms with Gasteiger partial charge in [0.15, 0.2) is 5.69 Å². The second-order valence-corrected chi connectivity index (χ2v) is 3.51. The lowest BCUT2D eigenvalue weighted by atomic mass is 10.3. The Morgan fingerprint density at radius 3 is 2.76 bits per heavy atom. The highest BCUT2D eigenvalue weighted by Gasteiger charge is 2.20. The molecule has 0 saturated heterocycles. The van der Waals surface area contributed by atoms with Crippen LogP contribution >= 0.6 is 0 Å². The molecule has 0 spiro atoms. The zero-order chi connectivity index (χ0) is 13.0. The maximum Gasteiger partial charge on any atom is 0.328 e. The molecule has 0 aliphatic heterocycles. The number of aromatic nitrogens is 2. The number of carbonyl (C=O) groups is 2. The molecule has 0 fully saturated rings. The van der Waals surface area contributed by atoms with Crippen LogP contribution in [0.5, 0.6) is 0 Å². The maximum absolute atomic E-state index is 11.8. The molecule has 0 aliphatic rings. The number of rotatable bonds is 4. The van der Waals surface area contributed by atoms with Gasteiger partial charge in [-0.2, -0.15) is 5.10 Å². The summed E-state index contributed by atoms with van der Waals surface area (Å²) in [4.78, 5) is 22.9. The van der Waals surface area contributed by atoms with Gasteiger partial charge in [-0.15, -0.1) is 0 Å². The molecule has 1 atom stereocenters. The summed E-state index contributed by atoms with van der Waals surface area (Å²) < 4.78 is 6.04. The number of nitrogens with zero attached hydrogens (tertiary/aromatic N) is 2.